The molecule has 0 spiro atoms. The summed E-state index contributed by atoms with van der Waals surface area (Å²) in [4.78, 5) is 15.5. The van der Waals surface area contributed by atoms with Crippen LogP contribution in [-0.4, -0.2) is 10.9 Å². The van der Waals surface area contributed by atoms with E-state index in [-0.39, 0.29) is 17.3 Å². The van der Waals surface area contributed by atoms with E-state index in [0.717, 1.165) is 6.07 Å². The first kappa shape index (κ1) is 18.8. The Morgan fingerprint density at radius 1 is 1.19 bits per heavy atom. The Balaban J connectivity index is 1.75. The van der Waals surface area contributed by atoms with Gasteiger partial charge in [-0.15, -0.1) is 11.3 Å². The van der Waals surface area contributed by atoms with Gasteiger partial charge in [-0.25, -0.2) is 9.37 Å². The van der Waals surface area contributed by atoms with Crippen molar-refractivity contribution in [2.24, 2.45) is 0 Å². The zero-order valence-corrected chi connectivity index (χ0v) is 14.6. The summed E-state index contributed by atoms with van der Waals surface area (Å²) in [5.41, 5.74) is 0.957. The maximum absolute atomic E-state index is 13.1. The second kappa shape index (κ2) is 7.36. The van der Waals surface area contributed by atoms with Crippen LogP contribution in [0, 0.1) is 12.7 Å². The van der Waals surface area contributed by atoms with Crippen molar-refractivity contribution in [2.75, 3.05) is 5.32 Å². The Morgan fingerprint density at radius 2 is 1.96 bits per heavy atom. The predicted molar refractivity (Wildman–Crippen MR) is 92.7 cm³/mol. The van der Waals surface area contributed by atoms with E-state index >= 15 is 0 Å². The largest absolute Gasteiger partial charge is 0.438 e. The predicted octanol–water partition coefficient (Wildman–Crippen LogP) is 5.65. The number of halogens is 4. The Labute approximate surface area is 155 Å². The number of benzene rings is 1. The third-order valence-corrected chi connectivity index (χ3v) is 4.42. The SMILES string of the molecule is Cc1cc(F)ccc1NC(=O)c1cccc(Oc2csc(C(F)(F)F)c2)n1. The van der Waals surface area contributed by atoms with E-state index in [9.17, 15) is 22.4 Å². The number of anilines is 1. The van der Waals surface area contributed by atoms with Crippen LogP contribution in [0.4, 0.5) is 23.2 Å². The number of hydrogen-bond acceptors (Lipinski definition) is 4. The van der Waals surface area contributed by atoms with Crippen LogP contribution in [0.25, 0.3) is 0 Å². The van der Waals surface area contributed by atoms with E-state index in [1.54, 1.807) is 6.92 Å². The fraction of sp³-hybridized carbons (Fsp3) is 0.111. The summed E-state index contributed by atoms with van der Waals surface area (Å²) in [7, 11) is 0. The zero-order valence-electron chi connectivity index (χ0n) is 13.8. The molecule has 4 nitrogen and oxygen atoms in total. The normalized spacial score (nSPS) is 11.3. The van der Waals surface area contributed by atoms with Crippen molar-refractivity contribution in [2.45, 2.75) is 13.1 Å². The third-order valence-electron chi connectivity index (χ3n) is 3.47. The fourth-order valence-corrected chi connectivity index (χ4v) is 2.87. The minimum absolute atomic E-state index is 0.00231. The molecule has 0 atom stereocenters. The van der Waals surface area contributed by atoms with E-state index in [1.807, 2.05) is 0 Å². The van der Waals surface area contributed by atoms with Crippen molar-refractivity contribution in [1.29, 1.82) is 0 Å². The van der Waals surface area contributed by atoms with Gasteiger partial charge >= 0.3 is 6.18 Å². The molecule has 3 aromatic rings. The number of alkyl halides is 3. The van der Waals surface area contributed by atoms with Crippen molar-refractivity contribution in [3.8, 4) is 11.6 Å². The van der Waals surface area contributed by atoms with Gasteiger partial charge in [0.25, 0.3) is 5.91 Å². The molecule has 0 fully saturated rings. The van der Waals surface area contributed by atoms with Crippen LogP contribution in [0.2, 0.25) is 0 Å². The van der Waals surface area contributed by atoms with E-state index < -0.39 is 22.8 Å². The number of rotatable bonds is 4. The molecule has 0 aliphatic heterocycles. The standard InChI is InChI=1S/C18H12F4N2O2S/c1-10-7-11(19)5-6-13(10)24-17(25)14-3-2-4-16(23-14)26-12-8-15(27-9-12)18(20,21)22/h2-9H,1H3,(H,24,25). The summed E-state index contributed by atoms with van der Waals surface area (Å²) < 4.78 is 56.3. The second-order valence-corrected chi connectivity index (χ2v) is 6.43. The number of carbonyl (C=O) groups is 1. The highest BCUT2D eigenvalue weighted by Gasteiger charge is 2.32. The highest BCUT2D eigenvalue weighted by Crippen LogP contribution is 2.37. The molecule has 3 rings (SSSR count). The zero-order chi connectivity index (χ0) is 19.6. The number of aromatic nitrogens is 1. The first-order chi connectivity index (χ1) is 12.7. The maximum atomic E-state index is 13.1. The number of nitrogens with one attached hydrogen (secondary N) is 1. The minimum atomic E-state index is -4.45. The molecule has 2 aromatic heterocycles. The number of carbonyl (C=O) groups excluding carboxylic acids is 1. The van der Waals surface area contributed by atoms with Crippen molar-refractivity contribution < 1.29 is 27.1 Å². The summed E-state index contributed by atoms with van der Waals surface area (Å²) in [6.45, 7) is 1.64. The van der Waals surface area contributed by atoms with Gasteiger partial charge in [0.05, 0.1) is 0 Å². The smallest absolute Gasteiger partial charge is 0.425 e. The molecule has 27 heavy (non-hydrogen) atoms. The molecule has 0 unspecified atom stereocenters. The van der Waals surface area contributed by atoms with Crippen LogP contribution in [0.5, 0.6) is 11.6 Å². The van der Waals surface area contributed by atoms with Gasteiger partial charge in [-0.05, 0) is 36.8 Å². The Bertz CT molecular complexity index is 985. The number of aryl methyl sites for hydroxylation is 1. The van der Waals surface area contributed by atoms with Gasteiger partial charge in [0.2, 0.25) is 5.88 Å². The molecule has 1 amide bonds. The molecule has 140 valence electrons. The topological polar surface area (TPSA) is 51.2 Å². The van der Waals surface area contributed by atoms with Gasteiger partial charge in [-0.3, -0.25) is 4.79 Å². The molecular weight excluding hydrogens is 384 g/mol. The van der Waals surface area contributed by atoms with E-state index in [4.69, 9.17) is 4.74 Å². The number of nitrogens with zero attached hydrogens (tertiary/aromatic N) is 1. The molecular formula is C18H12F4N2O2S. The number of hydrogen-bond donors (Lipinski definition) is 1. The molecule has 2 heterocycles. The lowest BCUT2D eigenvalue weighted by molar-refractivity contribution is -0.134. The Hall–Kier alpha value is -2.94. The molecule has 0 radical (unpaired) electrons. The second-order valence-electron chi connectivity index (χ2n) is 5.52. The Morgan fingerprint density at radius 3 is 2.63 bits per heavy atom. The number of pyridine rings is 1. The van der Waals surface area contributed by atoms with Crippen molar-refractivity contribution in [1.82, 2.24) is 4.98 Å². The number of ether oxygens (including phenoxy) is 1. The molecule has 0 saturated carbocycles. The van der Waals surface area contributed by atoms with Gasteiger partial charge in [0, 0.05) is 23.2 Å². The average molecular weight is 396 g/mol. The average Bonchev–Trinajstić information content (AvgIpc) is 3.06. The summed E-state index contributed by atoms with van der Waals surface area (Å²) in [6.07, 6.45) is -4.45. The Kier molecular flexibility index (Phi) is 5.13. The van der Waals surface area contributed by atoms with Gasteiger partial charge in [0.15, 0.2) is 0 Å². The summed E-state index contributed by atoms with van der Waals surface area (Å²) in [5, 5.41) is 3.81. The molecule has 1 N–H and O–H groups in total. The molecule has 0 aliphatic rings. The minimum Gasteiger partial charge on any atom is -0.438 e. The van der Waals surface area contributed by atoms with Crippen molar-refractivity contribution >= 4 is 22.9 Å². The highest BCUT2D eigenvalue weighted by atomic mass is 32.1. The van der Waals surface area contributed by atoms with E-state index in [1.165, 1.54) is 41.8 Å². The monoisotopic (exact) mass is 396 g/mol. The van der Waals surface area contributed by atoms with Crippen LogP contribution in [0.15, 0.2) is 47.8 Å². The molecule has 9 heteroatoms. The maximum Gasteiger partial charge on any atom is 0.425 e. The number of thiophene rings is 1. The lowest BCUT2D eigenvalue weighted by atomic mass is 10.2. The summed E-state index contributed by atoms with van der Waals surface area (Å²) in [6, 6.07) is 9.11. The quantitative estimate of drug-likeness (QED) is 0.580. The van der Waals surface area contributed by atoms with Crippen LogP contribution in [0.1, 0.15) is 20.9 Å². The molecule has 0 aliphatic carbocycles. The highest BCUT2D eigenvalue weighted by molar-refractivity contribution is 7.10. The van der Waals surface area contributed by atoms with Gasteiger partial charge in [-0.2, -0.15) is 13.2 Å². The fourth-order valence-electron chi connectivity index (χ4n) is 2.19. The summed E-state index contributed by atoms with van der Waals surface area (Å²) in [5.74, 6) is -1.03. The molecule has 0 saturated heterocycles. The van der Waals surface area contributed by atoms with Crippen LogP contribution in [0.3, 0.4) is 0 Å². The summed E-state index contributed by atoms with van der Waals surface area (Å²) >= 11 is 0.503. The van der Waals surface area contributed by atoms with Gasteiger partial charge in [0.1, 0.15) is 22.1 Å². The van der Waals surface area contributed by atoms with Crippen molar-refractivity contribution in [3.63, 3.8) is 0 Å². The van der Waals surface area contributed by atoms with E-state index in [0.29, 0.717) is 22.6 Å². The van der Waals surface area contributed by atoms with Gasteiger partial charge in [-0.1, -0.05) is 6.07 Å². The first-order valence-corrected chi connectivity index (χ1v) is 8.48. The lowest BCUT2D eigenvalue weighted by Crippen LogP contribution is -2.14. The third kappa shape index (κ3) is 4.62. The van der Waals surface area contributed by atoms with Crippen LogP contribution >= 0.6 is 11.3 Å². The van der Waals surface area contributed by atoms with Gasteiger partial charge < -0.3 is 10.1 Å². The molecule has 0 bridgehead atoms. The molecule has 1 aromatic carbocycles. The van der Waals surface area contributed by atoms with Crippen LogP contribution in [-0.2, 0) is 6.18 Å². The van der Waals surface area contributed by atoms with E-state index in [2.05, 4.69) is 10.3 Å². The lowest BCUT2D eigenvalue weighted by Gasteiger charge is -2.09. The van der Waals surface area contributed by atoms with Crippen molar-refractivity contribution in [3.05, 3.63) is 69.8 Å². The first-order valence-electron chi connectivity index (χ1n) is 7.60. The van der Waals surface area contributed by atoms with Crippen LogP contribution < -0.4 is 10.1 Å². The number of amides is 1.